The number of hydrogen-bond donors (Lipinski definition) is 0. The molecule has 0 bridgehead atoms. The first-order chi connectivity index (χ1) is 13.7. The molecule has 3 aromatic rings. The van der Waals surface area contributed by atoms with E-state index < -0.39 is 0 Å². The molecule has 1 aliphatic heterocycles. The summed E-state index contributed by atoms with van der Waals surface area (Å²) in [7, 11) is 0. The van der Waals surface area contributed by atoms with Crippen LogP contribution in [0.5, 0.6) is 0 Å². The molecule has 4 rings (SSSR count). The Kier molecular flexibility index (Phi) is 5.88. The van der Waals surface area contributed by atoms with E-state index in [1.165, 1.54) is 0 Å². The van der Waals surface area contributed by atoms with Crippen LogP contribution in [-0.4, -0.2) is 40.2 Å². The first kappa shape index (κ1) is 18.9. The lowest BCUT2D eigenvalue weighted by molar-refractivity contribution is 0.0794. The molecule has 0 amide bonds. The molecule has 1 aromatic heterocycles. The molecule has 0 radical (unpaired) electrons. The van der Waals surface area contributed by atoms with Crippen molar-refractivity contribution in [2.75, 3.05) is 19.3 Å². The normalized spacial score (nSPS) is 17.5. The van der Waals surface area contributed by atoms with Crippen LogP contribution in [-0.2, 0) is 6.54 Å². The SMILES string of the molecule is CSc1ccccc1C(=O)[C@@H]1CCCN(Cc2nc(-c3ccccc3)no2)C1. The minimum atomic E-state index is 0.0126. The number of likely N-dealkylation sites (tertiary alicyclic amines) is 1. The number of carbonyl (C=O) groups excluding carboxylic acids is 1. The van der Waals surface area contributed by atoms with Gasteiger partial charge in [0.15, 0.2) is 5.78 Å². The van der Waals surface area contributed by atoms with E-state index in [2.05, 4.69) is 15.0 Å². The molecule has 6 heteroatoms. The molecule has 0 aliphatic carbocycles. The summed E-state index contributed by atoms with van der Waals surface area (Å²) in [4.78, 5) is 20.9. The zero-order chi connectivity index (χ0) is 19.3. The van der Waals surface area contributed by atoms with Crippen LogP contribution in [0.25, 0.3) is 11.4 Å². The molecule has 1 aliphatic rings. The van der Waals surface area contributed by atoms with Crippen molar-refractivity contribution >= 4 is 17.5 Å². The van der Waals surface area contributed by atoms with Crippen molar-refractivity contribution in [3.8, 4) is 11.4 Å². The second kappa shape index (κ2) is 8.71. The molecule has 0 unspecified atom stereocenters. The Labute approximate surface area is 169 Å². The molecule has 5 nitrogen and oxygen atoms in total. The van der Waals surface area contributed by atoms with Gasteiger partial charge in [-0.3, -0.25) is 9.69 Å². The van der Waals surface area contributed by atoms with E-state index >= 15 is 0 Å². The maximum atomic E-state index is 13.1. The van der Waals surface area contributed by atoms with Gasteiger partial charge in [0.25, 0.3) is 0 Å². The van der Waals surface area contributed by atoms with Gasteiger partial charge in [0.2, 0.25) is 11.7 Å². The van der Waals surface area contributed by atoms with Crippen LogP contribution in [0.1, 0.15) is 29.1 Å². The van der Waals surface area contributed by atoms with Crippen LogP contribution < -0.4 is 0 Å². The molecule has 1 fully saturated rings. The van der Waals surface area contributed by atoms with Gasteiger partial charge in [0.1, 0.15) is 0 Å². The summed E-state index contributed by atoms with van der Waals surface area (Å²) in [5.74, 6) is 1.45. The van der Waals surface area contributed by atoms with E-state index in [9.17, 15) is 4.79 Å². The summed E-state index contributed by atoms with van der Waals surface area (Å²) in [6.45, 7) is 2.25. The Bertz CT molecular complexity index is 942. The van der Waals surface area contributed by atoms with Gasteiger partial charge in [-0.25, -0.2) is 0 Å². The summed E-state index contributed by atoms with van der Waals surface area (Å²) in [5.41, 5.74) is 1.78. The minimum absolute atomic E-state index is 0.0126. The van der Waals surface area contributed by atoms with Gasteiger partial charge in [-0.15, -0.1) is 11.8 Å². The van der Waals surface area contributed by atoms with Crippen molar-refractivity contribution in [2.45, 2.75) is 24.3 Å². The third-order valence-electron chi connectivity index (χ3n) is 5.11. The number of Topliss-reactive ketones (excluding diaryl/α,β-unsaturated/α-hetero) is 1. The number of nitrogens with zero attached hydrogens (tertiary/aromatic N) is 3. The second-order valence-electron chi connectivity index (χ2n) is 7.02. The molecular weight excluding hydrogens is 370 g/mol. The van der Waals surface area contributed by atoms with Gasteiger partial charge in [0.05, 0.1) is 6.54 Å². The summed E-state index contributed by atoms with van der Waals surface area (Å²) in [5, 5.41) is 4.09. The zero-order valence-electron chi connectivity index (χ0n) is 15.9. The zero-order valence-corrected chi connectivity index (χ0v) is 16.7. The topological polar surface area (TPSA) is 59.2 Å². The first-order valence-corrected chi connectivity index (χ1v) is 10.7. The lowest BCUT2D eigenvalue weighted by Gasteiger charge is -2.31. The number of ketones is 1. The molecule has 2 aromatic carbocycles. The van der Waals surface area contributed by atoms with Gasteiger partial charge < -0.3 is 4.52 Å². The molecule has 0 N–H and O–H groups in total. The fraction of sp³-hybridized carbons (Fsp3) is 0.318. The van der Waals surface area contributed by atoms with Crippen LogP contribution in [0.4, 0.5) is 0 Å². The van der Waals surface area contributed by atoms with Crippen molar-refractivity contribution in [1.82, 2.24) is 15.0 Å². The van der Waals surface area contributed by atoms with E-state index in [0.717, 1.165) is 42.0 Å². The Hall–Kier alpha value is -2.44. The number of carbonyl (C=O) groups is 1. The highest BCUT2D eigenvalue weighted by Crippen LogP contribution is 2.27. The van der Waals surface area contributed by atoms with Crippen molar-refractivity contribution in [2.24, 2.45) is 5.92 Å². The quantitative estimate of drug-likeness (QED) is 0.452. The molecule has 1 saturated heterocycles. The van der Waals surface area contributed by atoms with Crippen molar-refractivity contribution in [3.63, 3.8) is 0 Å². The standard InChI is InChI=1S/C22H23N3O2S/c1-28-19-12-6-5-11-18(19)21(26)17-10-7-13-25(14-17)15-20-23-22(24-27-20)16-8-3-2-4-9-16/h2-6,8-9,11-12,17H,7,10,13-15H2,1H3/t17-/m1/s1. The third kappa shape index (κ3) is 4.18. The van der Waals surface area contributed by atoms with Gasteiger partial charge in [0, 0.05) is 28.5 Å². The van der Waals surface area contributed by atoms with E-state index in [1.54, 1.807) is 11.8 Å². The van der Waals surface area contributed by atoms with E-state index in [4.69, 9.17) is 4.52 Å². The number of piperidine rings is 1. The van der Waals surface area contributed by atoms with Gasteiger partial charge in [-0.05, 0) is 31.7 Å². The van der Waals surface area contributed by atoms with Crippen molar-refractivity contribution < 1.29 is 9.32 Å². The largest absolute Gasteiger partial charge is 0.338 e. The minimum Gasteiger partial charge on any atom is -0.338 e. The van der Waals surface area contributed by atoms with E-state index in [0.29, 0.717) is 18.3 Å². The average molecular weight is 394 g/mol. The molecule has 28 heavy (non-hydrogen) atoms. The maximum absolute atomic E-state index is 13.1. The van der Waals surface area contributed by atoms with E-state index in [1.807, 2.05) is 60.9 Å². The summed E-state index contributed by atoms with van der Waals surface area (Å²) < 4.78 is 5.45. The number of benzene rings is 2. The Morgan fingerprint density at radius 1 is 1.18 bits per heavy atom. The number of thioether (sulfide) groups is 1. The lowest BCUT2D eigenvalue weighted by Crippen LogP contribution is -2.38. The highest BCUT2D eigenvalue weighted by Gasteiger charge is 2.28. The highest BCUT2D eigenvalue weighted by molar-refractivity contribution is 7.98. The lowest BCUT2D eigenvalue weighted by atomic mass is 9.90. The summed E-state index contributed by atoms with van der Waals surface area (Å²) in [6, 6.07) is 17.7. The molecule has 0 saturated carbocycles. The van der Waals surface area contributed by atoms with Crippen molar-refractivity contribution in [1.29, 1.82) is 0 Å². The predicted octanol–water partition coefficient (Wildman–Crippen LogP) is 4.55. The van der Waals surface area contributed by atoms with Crippen LogP contribution in [0.3, 0.4) is 0 Å². The number of rotatable bonds is 6. The Balaban J connectivity index is 1.43. The highest BCUT2D eigenvalue weighted by atomic mass is 32.2. The first-order valence-electron chi connectivity index (χ1n) is 9.52. The molecule has 1 atom stereocenters. The monoisotopic (exact) mass is 393 g/mol. The van der Waals surface area contributed by atoms with Gasteiger partial charge >= 0.3 is 0 Å². The van der Waals surface area contributed by atoms with Crippen LogP contribution in [0.2, 0.25) is 0 Å². The molecule has 2 heterocycles. The fourth-order valence-corrected chi connectivity index (χ4v) is 4.30. The van der Waals surface area contributed by atoms with Crippen LogP contribution in [0.15, 0.2) is 64.0 Å². The molecule has 0 spiro atoms. The van der Waals surface area contributed by atoms with E-state index in [-0.39, 0.29) is 11.7 Å². The Morgan fingerprint density at radius 3 is 2.79 bits per heavy atom. The van der Waals surface area contributed by atoms with Crippen molar-refractivity contribution in [3.05, 3.63) is 66.1 Å². The number of aromatic nitrogens is 2. The van der Waals surface area contributed by atoms with Crippen LogP contribution >= 0.6 is 11.8 Å². The molecule has 144 valence electrons. The predicted molar refractivity (Wildman–Crippen MR) is 110 cm³/mol. The van der Waals surface area contributed by atoms with Gasteiger partial charge in [-0.1, -0.05) is 53.7 Å². The van der Waals surface area contributed by atoms with Crippen LogP contribution in [0, 0.1) is 5.92 Å². The third-order valence-corrected chi connectivity index (χ3v) is 5.90. The summed E-state index contributed by atoms with van der Waals surface area (Å²) >= 11 is 1.62. The second-order valence-corrected chi connectivity index (χ2v) is 7.86. The Morgan fingerprint density at radius 2 is 1.96 bits per heavy atom. The van der Waals surface area contributed by atoms with Gasteiger partial charge in [-0.2, -0.15) is 4.98 Å². The molecular formula is C22H23N3O2S. The average Bonchev–Trinajstić information content (AvgIpc) is 3.22. The fourth-order valence-electron chi connectivity index (χ4n) is 3.70. The number of hydrogen-bond acceptors (Lipinski definition) is 6. The smallest absolute Gasteiger partial charge is 0.241 e. The maximum Gasteiger partial charge on any atom is 0.241 e. The summed E-state index contributed by atoms with van der Waals surface area (Å²) in [6.07, 6.45) is 3.94.